The van der Waals surface area contributed by atoms with Crippen LogP contribution in [0.25, 0.3) is 28.3 Å². The van der Waals surface area contributed by atoms with Crippen molar-refractivity contribution in [2.24, 2.45) is 5.92 Å². The van der Waals surface area contributed by atoms with E-state index < -0.39 is 0 Å². The van der Waals surface area contributed by atoms with E-state index in [0.29, 0.717) is 44.6 Å². The first-order chi connectivity index (χ1) is 15.5. The SMILES string of the molecule is O=c1c2nn(-c3ccc(Cl)cc3)c(-c3ccc(Cl)cc3Cl)cc-2nn1CC1CCCCC1. The van der Waals surface area contributed by atoms with Gasteiger partial charge in [-0.05, 0) is 67.3 Å². The summed E-state index contributed by atoms with van der Waals surface area (Å²) in [5.74, 6) is 0.485. The Balaban J connectivity index is 1.68. The number of rotatable bonds is 4. The molecule has 3 aliphatic rings. The summed E-state index contributed by atoms with van der Waals surface area (Å²) in [4.78, 5) is 13.2. The maximum absolute atomic E-state index is 13.2. The second kappa shape index (κ2) is 8.89. The van der Waals surface area contributed by atoms with Crippen LogP contribution in [0.4, 0.5) is 0 Å². The van der Waals surface area contributed by atoms with Crippen LogP contribution in [0.15, 0.2) is 53.3 Å². The smallest absolute Gasteiger partial charge is 0.265 e. The molecule has 2 heterocycles. The molecule has 5 rings (SSSR count). The minimum Gasteiger partial charge on any atom is -0.265 e. The summed E-state index contributed by atoms with van der Waals surface area (Å²) < 4.78 is 3.29. The van der Waals surface area contributed by atoms with Crippen LogP contribution < -0.4 is 5.56 Å². The molecule has 8 heteroatoms. The molecule has 0 atom stereocenters. The molecule has 2 aromatic carbocycles. The molecule has 2 aliphatic heterocycles. The maximum Gasteiger partial charge on any atom is 0.296 e. The number of hydrogen-bond acceptors (Lipinski definition) is 3. The number of benzene rings is 2. The van der Waals surface area contributed by atoms with E-state index in [1.165, 1.54) is 19.3 Å². The Bertz CT molecular complexity index is 1290. The third-order valence-corrected chi connectivity index (χ3v) is 6.84. The minimum absolute atomic E-state index is 0.165. The molecule has 0 amide bonds. The van der Waals surface area contributed by atoms with Crippen molar-refractivity contribution in [2.75, 3.05) is 0 Å². The number of nitrogens with zero attached hydrogens (tertiary/aromatic N) is 4. The maximum atomic E-state index is 13.2. The standard InChI is InChI=1S/C24H21Cl3N4O/c25-16-6-9-18(10-7-16)31-22(19-11-8-17(26)12-20(19)27)13-21-23(29-31)24(32)30(28-21)14-15-4-2-1-3-5-15/h6-13,15H,1-5,14H2. The van der Waals surface area contributed by atoms with Crippen molar-refractivity contribution in [3.63, 3.8) is 0 Å². The molecular weight excluding hydrogens is 467 g/mol. The fourth-order valence-corrected chi connectivity index (χ4v) is 5.03. The summed E-state index contributed by atoms with van der Waals surface area (Å²) in [5, 5.41) is 11.0. The Kier molecular flexibility index (Phi) is 5.97. The van der Waals surface area contributed by atoms with Gasteiger partial charge >= 0.3 is 0 Å². The van der Waals surface area contributed by atoms with Gasteiger partial charge in [0.25, 0.3) is 5.56 Å². The van der Waals surface area contributed by atoms with Gasteiger partial charge in [0.05, 0.1) is 16.4 Å². The number of halogens is 3. The zero-order valence-electron chi connectivity index (χ0n) is 17.3. The second-order valence-electron chi connectivity index (χ2n) is 8.27. The molecule has 0 aromatic heterocycles. The van der Waals surface area contributed by atoms with Gasteiger partial charge in [-0.1, -0.05) is 54.1 Å². The van der Waals surface area contributed by atoms with Crippen LogP contribution in [0.2, 0.25) is 15.1 Å². The first-order valence-electron chi connectivity index (χ1n) is 10.7. The highest BCUT2D eigenvalue weighted by atomic mass is 35.5. The fourth-order valence-electron chi connectivity index (χ4n) is 4.40. The van der Waals surface area contributed by atoms with E-state index in [0.717, 1.165) is 24.1 Å². The largest absolute Gasteiger partial charge is 0.296 e. The Hall–Kier alpha value is -2.34. The number of hydrogen-bond donors (Lipinski definition) is 0. The van der Waals surface area contributed by atoms with Gasteiger partial charge < -0.3 is 0 Å². The zero-order chi connectivity index (χ0) is 22.2. The monoisotopic (exact) mass is 486 g/mol. The molecule has 1 fully saturated rings. The van der Waals surface area contributed by atoms with Gasteiger partial charge in [0.15, 0.2) is 5.69 Å². The van der Waals surface area contributed by atoms with Crippen molar-refractivity contribution in [3.05, 3.63) is 74.0 Å². The normalized spacial score (nSPS) is 14.8. The van der Waals surface area contributed by atoms with E-state index in [9.17, 15) is 4.79 Å². The van der Waals surface area contributed by atoms with Crippen LogP contribution in [0, 0.1) is 5.92 Å². The van der Waals surface area contributed by atoms with Crippen molar-refractivity contribution in [2.45, 2.75) is 38.6 Å². The molecule has 0 radical (unpaired) electrons. The molecule has 0 N–H and O–H groups in total. The molecule has 0 unspecified atom stereocenters. The van der Waals surface area contributed by atoms with Gasteiger partial charge in [0.2, 0.25) is 0 Å². The topological polar surface area (TPSA) is 52.7 Å². The second-order valence-corrected chi connectivity index (χ2v) is 9.55. The van der Waals surface area contributed by atoms with Crippen LogP contribution in [-0.4, -0.2) is 19.6 Å². The first-order valence-corrected chi connectivity index (χ1v) is 11.9. The summed E-state index contributed by atoms with van der Waals surface area (Å²) in [7, 11) is 0. The Morgan fingerprint density at radius 3 is 2.31 bits per heavy atom. The van der Waals surface area contributed by atoms with Crippen molar-refractivity contribution >= 4 is 34.8 Å². The van der Waals surface area contributed by atoms with Crippen molar-refractivity contribution < 1.29 is 0 Å². The van der Waals surface area contributed by atoms with Gasteiger partial charge in [-0.2, -0.15) is 10.2 Å². The van der Waals surface area contributed by atoms with E-state index in [1.807, 2.05) is 24.3 Å². The van der Waals surface area contributed by atoms with Gasteiger partial charge in [-0.25, -0.2) is 9.36 Å². The van der Waals surface area contributed by atoms with E-state index in [4.69, 9.17) is 39.9 Å². The van der Waals surface area contributed by atoms with Crippen LogP contribution in [0.3, 0.4) is 0 Å². The van der Waals surface area contributed by atoms with Crippen LogP contribution in [-0.2, 0) is 6.54 Å². The minimum atomic E-state index is -0.165. The van der Waals surface area contributed by atoms with E-state index in [1.54, 1.807) is 33.6 Å². The number of aromatic nitrogens is 4. The molecular formula is C24H21Cl3N4O. The van der Waals surface area contributed by atoms with Crippen molar-refractivity contribution in [1.29, 1.82) is 0 Å². The average Bonchev–Trinajstić information content (AvgIpc) is 3.09. The highest BCUT2D eigenvalue weighted by Crippen LogP contribution is 2.34. The third kappa shape index (κ3) is 4.17. The lowest BCUT2D eigenvalue weighted by Gasteiger charge is -2.20. The molecule has 2 aromatic rings. The quantitative estimate of drug-likeness (QED) is 0.320. The van der Waals surface area contributed by atoms with Crippen LogP contribution in [0.1, 0.15) is 32.1 Å². The van der Waals surface area contributed by atoms with Crippen molar-refractivity contribution in [1.82, 2.24) is 19.6 Å². The van der Waals surface area contributed by atoms with Crippen LogP contribution >= 0.6 is 34.8 Å². The van der Waals surface area contributed by atoms with E-state index >= 15 is 0 Å². The average molecular weight is 488 g/mol. The van der Waals surface area contributed by atoms with Gasteiger partial charge in [-0.3, -0.25) is 4.79 Å². The molecule has 5 nitrogen and oxygen atoms in total. The summed E-state index contributed by atoms with van der Waals surface area (Å²) in [6.45, 7) is 0.632. The van der Waals surface area contributed by atoms with Gasteiger partial charge in [0, 0.05) is 22.2 Å². The third-order valence-electron chi connectivity index (χ3n) is 6.04. The van der Waals surface area contributed by atoms with Crippen LogP contribution in [0.5, 0.6) is 0 Å². The molecule has 32 heavy (non-hydrogen) atoms. The van der Waals surface area contributed by atoms with E-state index in [2.05, 4.69) is 5.10 Å². The van der Waals surface area contributed by atoms with Gasteiger partial charge in [-0.15, -0.1) is 0 Å². The lowest BCUT2D eigenvalue weighted by Crippen LogP contribution is -2.24. The summed E-state index contributed by atoms with van der Waals surface area (Å²) in [6.07, 6.45) is 5.98. The molecule has 1 aliphatic carbocycles. The summed E-state index contributed by atoms with van der Waals surface area (Å²) in [5.41, 5.74) is 2.94. The predicted octanol–water partition coefficient (Wildman–Crippen LogP) is 6.74. The van der Waals surface area contributed by atoms with Crippen molar-refractivity contribution in [3.8, 4) is 28.3 Å². The molecule has 0 spiro atoms. The number of fused-ring (bicyclic) bond motifs is 1. The Labute approximate surface area is 200 Å². The van der Waals surface area contributed by atoms with E-state index in [-0.39, 0.29) is 5.56 Å². The fraction of sp³-hybridized carbons (Fsp3) is 0.292. The molecule has 1 saturated carbocycles. The molecule has 0 saturated heterocycles. The zero-order valence-corrected chi connectivity index (χ0v) is 19.5. The molecule has 0 bridgehead atoms. The Morgan fingerprint density at radius 1 is 0.875 bits per heavy atom. The first kappa shape index (κ1) is 21.5. The Morgan fingerprint density at radius 2 is 1.59 bits per heavy atom. The lowest BCUT2D eigenvalue weighted by atomic mass is 9.89. The summed E-state index contributed by atoms with van der Waals surface area (Å²) >= 11 is 18.7. The lowest BCUT2D eigenvalue weighted by molar-refractivity contribution is 0.305. The highest BCUT2D eigenvalue weighted by molar-refractivity contribution is 6.36. The molecule has 164 valence electrons. The van der Waals surface area contributed by atoms with Gasteiger partial charge in [0.1, 0.15) is 5.69 Å². The predicted molar refractivity (Wildman–Crippen MR) is 129 cm³/mol. The highest BCUT2D eigenvalue weighted by Gasteiger charge is 2.24. The summed E-state index contributed by atoms with van der Waals surface area (Å²) in [6, 6.07) is 14.5.